The number of phenolic OH excluding ortho intramolecular Hbond substituents is 1. The minimum atomic E-state index is -0.0463. The normalized spacial score (nSPS) is 41.3. The van der Waals surface area contributed by atoms with E-state index in [1.807, 2.05) is 12.1 Å². The van der Waals surface area contributed by atoms with Crippen molar-refractivity contribution in [2.75, 3.05) is 0 Å². The number of phenols is 1. The molecule has 0 aromatic heterocycles. The Bertz CT molecular complexity index is 606. The third kappa shape index (κ3) is 1.74. The van der Waals surface area contributed by atoms with Gasteiger partial charge in [0.1, 0.15) is 11.5 Å². The maximum Gasteiger partial charge on any atom is 0.139 e. The van der Waals surface area contributed by atoms with E-state index in [0.29, 0.717) is 35.2 Å². The average Bonchev–Trinajstić information content (AvgIpc) is 2.76. The first kappa shape index (κ1) is 13.4. The quantitative estimate of drug-likeness (QED) is 0.767. The van der Waals surface area contributed by atoms with Crippen LogP contribution in [0, 0.1) is 17.3 Å². The van der Waals surface area contributed by atoms with Crippen LogP contribution in [0.2, 0.25) is 0 Å². The molecule has 1 aromatic carbocycles. The van der Waals surface area contributed by atoms with Gasteiger partial charge in [0.15, 0.2) is 0 Å². The van der Waals surface area contributed by atoms with E-state index in [1.165, 1.54) is 17.5 Å². The van der Waals surface area contributed by atoms with Crippen molar-refractivity contribution in [3.05, 3.63) is 29.3 Å². The second kappa shape index (κ2) is 4.34. The minimum Gasteiger partial charge on any atom is -0.508 e. The minimum absolute atomic E-state index is 0.0463. The second-order valence-electron chi connectivity index (χ2n) is 7.74. The Morgan fingerprint density at radius 3 is 2.86 bits per heavy atom. The summed E-state index contributed by atoms with van der Waals surface area (Å²) in [6.07, 6.45) is 5.24. The topological polar surface area (TPSA) is 37.3 Å². The molecule has 3 aliphatic rings. The molecule has 3 aliphatic carbocycles. The number of carbonyl (C=O) groups is 1. The van der Waals surface area contributed by atoms with E-state index in [9.17, 15) is 9.90 Å². The summed E-state index contributed by atoms with van der Waals surface area (Å²) in [6, 6.07) is 5.93. The van der Waals surface area contributed by atoms with Crippen molar-refractivity contribution in [2.24, 2.45) is 17.3 Å². The maximum absolute atomic E-state index is 12.3. The van der Waals surface area contributed by atoms with Crippen LogP contribution in [0.1, 0.15) is 68.9 Å². The number of carbonyl (C=O) groups excluding carboxylic acids is 1. The smallest absolute Gasteiger partial charge is 0.139 e. The number of ketones is 1. The van der Waals surface area contributed by atoms with Crippen molar-refractivity contribution in [3.63, 3.8) is 0 Å². The lowest BCUT2D eigenvalue weighted by Crippen LogP contribution is -2.42. The average molecular weight is 284 g/mol. The molecule has 1 N–H and O–H groups in total. The van der Waals surface area contributed by atoms with Crippen LogP contribution in [0.5, 0.6) is 5.75 Å². The lowest BCUT2D eigenvalue weighted by molar-refractivity contribution is -0.129. The molecule has 2 nitrogen and oxygen atoms in total. The molecular weight excluding hydrogens is 260 g/mol. The van der Waals surface area contributed by atoms with Gasteiger partial charge in [0.05, 0.1) is 0 Å². The first-order valence-electron chi connectivity index (χ1n) is 8.37. The zero-order valence-corrected chi connectivity index (χ0v) is 12.9. The molecule has 2 saturated carbocycles. The van der Waals surface area contributed by atoms with Crippen molar-refractivity contribution in [2.45, 2.75) is 57.8 Å². The van der Waals surface area contributed by atoms with Gasteiger partial charge in [0, 0.05) is 11.8 Å². The van der Waals surface area contributed by atoms with E-state index in [-0.39, 0.29) is 5.41 Å². The van der Waals surface area contributed by atoms with Crippen LogP contribution in [0.3, 0.4) is 0 Å². The summed E-state index contributed by atoms with van der Waals surface area (Å²) in [4.78, 5) is 12.3. The molecule has 0 saturated heterocycles. The first-order chi connectivity index (χ1) is 10.0. The Balaban J connectivity index is 1.77. The van der Waals surface area contributed by atoms with Crippen molar-refractivity contribution in [3.8, 4) is 5.75 Å². The zero-order valence-electron chi connectivity index (χ0n) is 12.9. The summed E-state index contributed by atoms with van der Waals surface area (Å²) < 4.78 is 0. The van der Waals surface area contributed by atoms with E-state index < -0.39 is 0 Å². The summed E-state index contributed by atoms with van der Waals surface area (Å²) in [5, 5.41) is 9.78. The Kier molecular flexibility index (Phi) is 2.76. The van der Waals surface area contributed by atoms with Crippen LogP contribution in [0.15, 0.2) is 18.2 Å². The summed E-state index contributed by atoms with van der Waals surface area (Å²) in [7, 11) is 0. The summed E-state index contributed by atoms with van der Waals surface area (Å²) in [5.74, 6) is 3.22. The van der Waals surface area contributed by atoms with Gasteiger partial charge in [-0.2, -0.15) is 0 Å². The van der Waals surface area contributed by atoms with E-state index in [0.717, 1.165) is 25.7 Å². The highest BCUT2D eigenvalue weighted by Crippen LogP contribution is 2.61. The monoisotopic (exact) mass is 284 g/mol. The van der Waals surface area contributed by atoms with Crippen LogP contribution in [-0.2, 0) is 4.79 Å². The second-order valence-corrected chi connectivity index (χ2v) is 7.74. The molecule has 0 spiro atoms. The summed E-state index contributed by atoms with van der Waals surface area (Å²) in [5.41, 5.74) is 2.73. The van der Waals surface area contributed by atoms with Crippen LogP contribution in [0.4, 0.5) is 0 Å². The number of benzene rings is 1. The molecule has 3 unspecified atom stereocenters. The van der Waals surface area contributed by atoms with Crippen LogP contribution in [-0.4, -0.2) is 10.9 Å². The first-order valence-corrected chi connectivity index (χ1v) is 8.37. The van der Waals surface area contributed by atoms with E-state index >= 15 is 0 Å². The largest absolute Gasteiger partial charge is 0.508 e. The fraction of sp³-hybridized carbons (Fsp3) is 0.632. The summed E-state index contributed by atoms with van der Waals surface area (Å²) in [6.45, 7) is 4.50. The predicted octanol–water partition coefficient (Wildman–Crippen LogP) is 4.38. The fourth-order valence-corrected chi connectivity index (χ4v) is 5.64. The molecule has 0 radical (unpaired) electrons. The molecular formula is C19H24O2. The van der Waals surface area contributed by atoms with Gasteiger partial charge >= 0.3 is 0 Å². The fourth-order valence-electron chi connectivity index (χ4n) is 5.64. The Morgan fingerprint density at radius 1 is 1.24 bits per heavy atom. The van der Waals surface area contributed by atoms with E-state index in [1.54, 1.807) is 0 Å². The van der Waals surface area contributed by atoms with Gasteiger partial charge in [-0.05, 0) is 72.6 Å². The third-order valence-electron chi connectivity index (χ3n) is 6.77. The number of fused-ring (bicyclic) bond motifs is 5. The van der Waals surface area contributed by atoms with E-state index in [2.05, 4.69) is 19.9 Å². The third-order valence-corrected chi connectivity index (χ3v) is 6.77. The Hall–Kier alpha value is -1.31. The van der Waals surface area contributed by atoms with Gasteiger partial charge in [0.25, 0.3) is 0 Å². The molecule has 4 rings (SSSR count). The summed E-state index contributed by atoms with van der Waals surface area (Å²) >= 11 is 0. The van der Waals surface area contributed by atoms with Gasteiger partial charge in [-0.25, -0.2) is 0 Å². The van der Waals surface area contributed by atoms with Crippen LogP contribution in [0.25, 0.3) is 0 Å². The predicted molar refractivity (Wildman–Crippen MR) is 82.4 cm³/mol. The number of hydrogen-bond acceptors (Lipinski definition) is 2. The van der Waals surface area contributed by atoms with Gasteiger partial charge in [-0.1, -0.05) is 19.9 Å². The zero-order chi connectivity index (χ0) is 14.8. The molecule has 0 aliphatic heterocycles. The number of Topliss-reactive ketones (excluding diaryl/α,β-unsaturated/α-hetero) is 1. The van der Waals surface area contributed by atoms with Gasteiger partial charge < -0.3 is 5.11 Å². The van der Waals surface area contributed by atoms with Crippen LogP contribution >= 0.6 is 0 Å². The lowest BCUT2D eigenvalue weighted by atomic mass is 9.54. The molecule has 0 bridgehead atoms. The molecule has 2 heteroatoms. The molecule has 5 atom stereocenters. The lowest BCUT2D eigenvalue weighted by Gasteiger charge is -2.49. The SMILES string of the molecule is C[C@@H]1CC2C(CC[C@]3(C)C(=O)CCC23)c2ccc(O)cc21. The van der Waals surface area contributed by atoms with E-state index in [4.69, 9.17) is 0 Å². The highest BCUT2D eigenvalue weighted by Gasteiger charge is 2.55. The highest BCUT2D eigenvalue weighted by atomic mass is 16.3. The van der Waals surface area contributed by atoms with Crippen molar-refractivity contribution >= 4 is 5.78 Å². The van der Waals surface area contributed by atoms with Crippen molar-refractivity contribution < 1.29 is 9.90 Å². The molecule has 1 aromatic rings. The number of rotatable bonds is 0. The number of hydrogen-bond donors (Lipinski definition) is 1. The molecule has 2 fully saturated rings. The van der Waals surface area contributed by atoms with Gasteiger partial charge in [-0.15, -0.1) is 0 Å². The standard InChI is InChI=1S/C19H24O2/c1-11-9-16-14(13-4-3-12(20)10-15(11)13)7-8-19(2)17(16)5-6-18(19)21/h3-4,10-11,14,16-17,20H,5-9H2,1-2H3/t11-,14?,16?,17?,19+/m1/s1. The molecule has 0 amide bonds. The highest BCUT2D eigenvalue weighted by molar-refractivity contribution is 5.87. The molecule has 21 heavy (non-hydrogen) atoms. The van der Waals surface area contributed by atoms with Gasteiger partial charge in [-0.3, -0.25) is 4.79 Å². The van der Waals surface area contributed by atoms with Crippen molar-refractivity contribution in [1.82, 2.24) is 0 Å². The van der Waals surface area contributed by atoms with Crippen LogP contribution < -0.4 is 0 Å². The molecule has 112 valence electrons. The number of aromatic hydroxyl groups is 1. The van der Waals surface area contributed by atoms with Crippen molar-refractivity contribution in [1.29, 1.82) is 0 Å². The molecule has 0 heterocycles. The Morgan fingerprint density at radius 2 is 2.05 bits per heavy atom. The van der Waals surface area contributed by atoms with Gasteiger partial charge in [0.2, 0.25) is 0 Å². The Labute approximate surface area is 126 Å². The maximum atomic E-state index is 12.3.